The van der Waals surface area contributed by atoms with Crippen molar-refractivity contribution in [3.05, 3.63) is 47.2 Å². The first kappa shape index (κ1) is 27.3. The number of methoxy groups -OCH3 is 1. The van der Waals surface area contributed by atoms with Gasteiger partial charge < -0.3 is 24.2 Å². The number of amides is 1. The van der Waals surface area contributed by atoms with Gasteiger partial charge in [-0.05, 0) is 44.5 Å². The number of esters is 1. The molecule has 1 atom stereocenters. The van der Waals surface area contributed by atoms with E-state index in [1.54, 1.807) is 30.7 Å². The zero-order chi connectivity index (χ0) is 26.2. The van der Waals surface area contributed by atoms with E-state index in [1.165, 1.54) is 0 Å². The van der Waals surface area contributed by atoms with Crippen molar-refractivity contribution in [2.75, 3.05) is 64.9 Å². The highest BCUT2D eigenvalue weighted by Crippen LogP contribution is 2.25. The van der Waals surface area contributed by atoms with Gasteiger partial charge in [0, 0.05) is 63.8 Å². The minimum absolute atomic E-state index is 0.0449. The maximum absolute atomic E-state index is 13.2. The van der Waals surface area contributed by atoms with E-state index in [9.17, 15) is 9.59 Å². The van der Waals surface area contributed by atoms with Crippen molar-refractivity contribution in [3.63, 3.8) is 0 Å². The Balaban J connectivity index is 1.42. The van der Waals surface area contributed by atoms with Crippen molar-refractivity contribution in [3.8, 4) is 0 Å². The molecule has 0 aliphatic carbocycles. The summed E-state index contributed by atoms with van der Waals surface area (Å²) in [5.41, 5.74) is 2.52. The maximum atomic E-state index is 13.2. The Morgan fingerprint density at radius 1 is 1.11 bits per heavy atom. The largest absolute Gasteiger partial charge is 0.466 e. The number of anilines is 1. The lowest BCUT2D eigenvalue weighted by Gasteiger charge is -2.33. The van der Waals surface area contributed by atoms with Crippen molar-refractivity contribution < 1.29 is 19.1 Å². The fourth-order valence-corrected chi connectivity index (χ4v) is 5.50. The first-order valence-electron chi connectivity index (χ1n) is 12.9. The number of benzene rings is 1. The van der Waals surface area contributed by atoms with Gasteiger partial charge in [0.2, 0.25) is 0 Å². The average molecular weight is 528 g/mol. The fourth-order valence-electron chi connectivity index (χ4n) is 4.68. The van der Waals surface area contributed by atoms with Crippen LogP contribution in [-0.2, 0) is 26.6 Å². The summed E-state index contributed by atoms with van der Waals surface area (Å²) in [5, 5.41) is 0.702. The second kappa shape index (κ2) is 13.2. The molecule has 1 aromatic carbocycles. The van der Waals surface area contributed by atoms with Crippen LogP contribution < -0.4 is 4.90 Å². The summed E-state index contributed by atoms with van der Waals surface area (Å²) in [6.07, 6.45) is 1.56. The molecule has 0 radical (unpaired) electrons. The summed E-state index contributed by atoms with van der Waals surface area (Å²) in [5.74, 6) is 1.07. The van der Waals surface area contributed by atoms with E-state index in [-0.39, 0.29) is 17.8 Å². The summed E-state index contributed by atoms with van der Waals surface area (Å²) in [6, 6.07) is 9.71. The molecule has 4 rings (SSSR count). The second-order valence-corrected chi connectivity index (χ2v) is 10.5. The van der Waals surface area contributed by atoms with Gasteiger partial charge in [0.15, 0.2) is 5.16 Å². The Morgan fingerprint density at radius 3 is 2.68 bits per heavy atom. The molecule has 0 saturated carbocycles. The third-order valence-corrected chi connectivity index (χ3v) is 7.65. The molecule has 0 N–H and O–H groups in total. The van der Waals surface area contributed by atoms with E-state index in [0.29, 0.717) is 42.8 Å². The number of piperidine rings is 1. The number of thioether (sulfide) groups is 1. The second-order valence-electron chi connectivity index (χ2n) is 9.55. The Kier molecular flexibility index (Phi) is 9.76. The van der Waals surface area contributed by atoms with Gasteiger partial charge in [-0.1, -0.05) is 23.9 Å². The van der Waals surface area contributed by atoms with Crippen molar-refractivity contribution >= 4 is 29.5 Å². The van der Waals surface area contributed by atoms with E-state index in [4.69, 9.17) is 14.5 Å². The highest BCUT2D eigenvalue weighted by molar-refractivity contribution is 7.98. The molecule has 0 spiro atoms. The quantitative estimate of drug-likeness (QED) is 0.277. The van der Waals surface area contributed by atoms with Crippen LogP contribution in [0.15, 0.2) is 35.5 Å². The topological polar surface area (TPSA) is 88.1 Å². The highest BCUT2D eigenvalue weighted by Gasteiger charge is 2.30. The smallest absolute Gasteiger partial charge is 0.310 e. The van der Waals surface area contributed by atoms with Gasteiger partial charge in [0.1, 0.15) is 5.82 Å². The summed E-state index contributed by atoms with van der Waals surface area (Å²) in [6.45, 7) is 7.54. The Morgan fingerprint density at radius 2 is 1.92 bits per heavy atom. The minimum atomic E-state index is -0.248. The Labute approximate surface area is 223 Å². The number of likely N-dealkylation sites (N-methyl/N-ethyl adjacent to an activating group) is 1. The number of aromatic nitrogens is 2. The van der Waals surface area contributed by atoms with E-state index >= 15 is 0 Å². The molecule has 0 bridgehead atoms. The molecule has 3 heterocycles. The third kappa shape index (κ3) is 7.43. The fraction of sp³-hybridized carbons (Fsp3) is 0.556. The SMILES string of the molecule is CCOC(=O)C1CCCN(C(=O)c2cccc(CSc3nc(COC)cc(N4CCN(C)CC4)n3)c2)C1. The molecule has 37 heavy (non-hydrogen) atoms. The van der Waals surface area contributed by atoms with E-state index in [0.717, 1.165) is 56.1 Å². The first-order chi connectivity index (χ1) is 18.0. The molecule has 1 aromatic heterocycles. The molecule has 2 aliphatic rings. The molecule has 2 aliphatic heterocycles. The Hall–Kier alpha value is -2.69. The molecule has 2 aromatic rings. The number of likely N-dealkylation sites (tertiary alicyclic amines) is 1. The number of hydrogen-bond donors (Lipinski definition) is 0. The van der Waals surface area contributed by atoms with Crippen LogP contribution in [0.4, 0.5) is 5.82 Å². The minimum Gasteiger partial charge on any atom is -0.466 e. The van der Waals surface area contributed by atoms with E-state index < -0.39 is 0 Å². The maximum Gasteiger partial charge on any atom is 0.310 e. The van der Waals surface area contributed by atoms with Gasteiger partial charge in [-0.25, -0.2) is 9.97 Å². The number of nitrogens with zero attached hydrogens (tertiary/aromatic N) is 5. The van der Waals surface area contributed by atoms with Crippen molar-refractivity contribution in [1.82, 2.24) is 19.8 Å². The van der Waals surface area contributed by atoms with Gasteiger partial charge in [-0.15, -0.1) is 0 Å². The standard InChI is InChI=1S/C27H37N5O4S/c1-4-36-26(34)22-9-6-10-32(17-22)25(33)21-8-5-7-20(15-21)19-37-27-28-23(18-35-3)16-24(29-27)31-13-11-30(2)12-14-31/h5,7-8,15-16,22H,4,6,9-14,17-19H2,1-3H3. The zero-order valence-corrected chi connectivity index (χ0v) is 22.8. The molecular formula is C27H37N5O4S. The van der Waals surface area contributed by atoms with Crippen LogP contribution in [0, 0.1) is 5.92 Å². The van der Waals surface area contributed by atoms with Crippen LogP contribution >= 0.6 is 11.8 Å². The summed E-state index contributed by atoms with van der Waals surface area (Å²) in [7, 11) is 3.81. The van der Waals surface area contributed by atoms with Crippen LogP contribution in [-0.4, -0.2) is 91.7 Å². The van der Waals surface area contributed by atoms with Gasteiger partial charge in [0.05, 0.1) is 24.8 Å². The average Bonchev–Trinajstić information content (AvgIpc) is 2.92. The number of ether oxygens (including phenoxy) is 2. The van der Waals surface area contributed by atoms with Crippen LogP contribution in [0.2, 0.25) is 0 Å². The molecule has 2 saturated heterocycles. The summed E-state index contributed by atoms with van der Waals surface area (Å²) in [4.78, 5) is 41.3. The summed E-state index contributed by atoms with van der Waals surface area (Å²) >= 11 is 1.56. The predicted octanol–water partition coefficient (Wildman–Crippen LogP) is 3.08. The van der Waals surface area contributed by atoms with Gasteiger partial charge in [0.25, 0.3) is 5.91 Å². The number of carbonyl (C=O) groups is 2. The van der Waals surface area contributed by atoms with Crippen molar-refractivity contribution in [2.45, 2.75) is 37.3 Å². The lowest BCUT2D eigenvalue weighted by atomic mass is 9.97. The van der Waals surface area contributed by atoms with Gasteiger partial charge >= 0.3 is 5.97 Å². The lowest BCUT2D eigenvalue weighted by molar-refractivity contribution is -0.149. The van der Waals surface area contributed by atoms with Gasteiger partial charge in [-0.2, -0.15) is 0 Å². The van der Waals surface area contributed by atoms with Crippen LogP contribution in [0.5, 0.6) is 0 Å². The number of rotatable bonds is 9. The zero-order valence-electron chi connectivity index (χ0n) is 22.0. The lowest BCUT2D eigenvalue weighted by Crippen LogP contribution is -2.44. The summed E-state index contributed by atoms with van der Waals surface area (Å²) < 4.78 is 10.5. The van der Waals surface area contributed by atoms with Crippen molar-refractivity contribution in [1.29, 1.82) is 0 Å². The Bertz CT molecular complexity index is 1080. The van der Waals surface area contributed by atoms with Crippen LogP contribution in [0.3, 0.4) is 0 Å². The number of carbonyl (C=O) groups excluding carboxylic acids is 2. The van der Waals surface area contributed by atoms with Gasteiger partial charge in [-0.3, -0.25) is 9.59 Å². The molecule has 2 fully saturated rings. The third-order valence-electron chi connectivity index (χ3n) is 6.74. The van der Waals surface area contributed by atoms with E-state index in [1.807, 2.05) is 30.3 Å². The predicted molar refractivity (Wildman–Crippen MR) is 144 cm³/mol. The molecule has 1 amide bonds. The van der Waals surface area contributed by atoms with Crippen molar-refractivity contribution in [2.24, 2.45) is 5.92 Å². The molecular weight excluding hydrogens is 490 g/mol. The first-order valence-corrected chi connectivity index (χ1v) is 13.9. The highest BCUT2D eigenvalue weighted by atomic mass is 32.2. The number of hydrogen-bond acceptors (Lipinski definition) is 9. The number of piperazine rings is 1. The molecule has 1 unspecified atom stereocenters. The van der Waals surface area contributed by atoms with E-state index in [2.05, 4.69) is 21.8 Å². The molecule has 10 heteroatoms. The monoisotopic (exact) mass is 527 g/mol. The normalized spacial score (nSPS) is 18.6. The molecule has 9 nitrogen and oxygen atoms in total. The van der Waals surface area contributed by atoms with Crippen LogP contribution in [0.25, 0.3) is 0 Å². The molecule has 200 valence electrons. The van der Waals surface area contributed by atoms with Crippen LogP contribution in [0.1, 0.15) is 41.4 Å².